The molecule has 0 radical (unpaired) electrons. The van der Waals surface area contributed by atoms with Crippen LogP contribution in [0.4, 0.5) is 10.5 Å². The lowest BCUT2D eigenvalue weighted by molar-refractivity contribution is -0.129. The molecule has 6 nitrogen and oxygen atoms in total. The van der Waals surface area contributed by atoms with Crippen molar-refractivity contribution >= 4 is 29.6 Å². The fourth-order valence-corrected chi connectivity index (χ4v) is 5.08. The van der Waals surface area contributed by atoms with Gasteiger partial charge in [-0.2, -0.15) is 4.37 Å². The third-order valence-corrected chi connectivity index (χ3v) is 7.52. The maximum atomic E-state index is 12.6. The summed E-state index contributed by atoms with van der Waals surface area (Å²) < 4.78 is 15.3. The number of rotatable bonds is 7. The number of nitrogens with one attached hydrogen (secondary N) is 1. The largest absolute Gasteiger partial charge is 0.441 e. The number of carbonyl (C=O) groups is 2. The normalized spacial score (nSPS) is 14.9. The van der Waals surface area contributed by atoms with Gasteiger partial charge < -0.3 is 14.3 Å². The van der Waals surface area contributed by atoms with Crippen molar-refractivity contribution in [2.75, 3.05) is 18.5 Å². The van der Waals surface area contributed by atoms with E-state index in [2.05, 4.69) is 9.69 Å². The van der Waals surface area contributed by atoms with E-state index in [1.807, 2.05) is 92.7 Å². The van der Waals surface area contributed by atoms with Gasteiger partial charge in [-0.05, 0) is 53.2 Å². The Morgan fingerprint density at radius 3 is 2.19 bits per heavy atom. The molecule has 2 heterocycles. The van der Waals surface area contributed by atoms with Crippen LogP contribution < -0.4 is 5.32 Å². The van der Waals surface area contributed by atoms with Crippen LogP contribution >= 0.6 is 11.5 Å². The van der Waals surface area contributed by atoms with Crippen LogP contribution in [0.1, 0.15) is 29.8 Å². The van der Waals surface area contributed by atoms with Crippen LogP contribution in [0.2, 0.25) is 0 Å². The van der Waals surface area contributed by atoms with Crippen molar-refractivity contribution in [3.8, 4) is 21.6 Å². The SMILES string of the molecule is Cc1nsc(-c2ccc(-c3ccc(C4(C=O)COC4)cc3)cc2)c1NC(=O)O[C@H](C)c1ccccc1. The van der Waals surface area contributed by atoms with Crippen LogP contribution in [-0.4, -0.2) is 30.0 Å². The summed E-state index contributed by atoms with van der Waals surface area (Å²) in [5, 5.41) is 2.89. The van der Waals surface area contributed by atoms with E-state index in [9.17, 15) is 9.59 Å². The standard InChI is InChI=1S/C29H26N2O4S/c1-19-26(30-28(33)35-20(2)21-6-4-3-5-7-21)27(36-31-19)24-10-8-22(9-11-24)23-12-14-25(15-13-23)29(16-32)17-34-18-29/h3-16,20H,17-18H2,1-2H3,(H,30,33)/t20-/m1/s1. The van der Waals surface area contributed by atoms with Gasteiger partial charge in [0.2, 0.25) is 0 Å². The van der Waals surface area contributed by atoms with Crippen molar-refractivity contribution in [2.24, 2.45) is 0 Å². The van der Waals surface area contributed by atoms with E-state index < -0.39 is 11.5 Å². The molecule has 4 aromatic rings. The van der Waals surface area contributed by atoms with Crippen LogP contribution in [0.15, 0.2) is 78.9 Å². The second-order valence-corrected chi connectivity index (χ2v) is 9.75. The van der Waals surface area contributed by atoms with Gasteiger partial charge in [-0.15, -0.1) is 0 Å². The molecule has 0 aliphatic carbocycles. The van der Waals surface area contributed by atoms with E-state index >= 15 is 0 Å². The summed E-state index contributed by atoms with van der Waals surface area (Å²) in [5.74, 6) is 0. The van der Waals surface area contributed by atoms with Gasteiger partial charge in [0.15, 0.2) is 0 Å². The number of amides is 1. The van der Waals surface area contributed by atoms with Gasteiger partial charge in [-0.3, -0.25) is 5.32 Å². The molecule has 3 aromatic carbocycles. The zero-order chi connectivity index (χ0) is 25.1. The molecule has 1 aromatic heterocycles. The highest BCUT2D eigenvalue weighted by Gasteiger charge is 2.40. The molecule has 1 atom stereocenters. The average Bonchev–Trinajstić information content (AvgIpc) is 3.24. The Hall–Kier alpha value is -3.81. The number of hydrogen-bond acceptors (Lipinski definition) is 6. The van der Waals surface area contributed by atoms with E-state index in [-0.39, 0.29) is 6.10 Å². The Labute approximate surface area is 214 Å². The summed E-state index contributed by atoms with van der Waals surface area (Å²) in [7, 11) is 0. The first-order chi connectivity index (χ1) is 17.5. The van der Waals surface area contributed by atoms with Crippen LogP contribution in [-0.2, 0) is 19.7 Å². The molecule has 1 aliphatic heterocycles. The zero-order valence-electron chi connectivity index (χ0n) is 20.1. The van der Waals surface area contributed by atoms with Gasteiger partial charge in [0.1, 0.15) is 12.4 Å². The van der Waals surface area contributed by atoms with Crippen molar-refractivity contribution in [3.63, 3.8) is 0 Å². The maximum Gasteiger partial charge on any atom is 0.412 e. The minimum Gasteiger partial charge on any atom is -0.441 e. The molecule has 0 spiro atoms. The lowest BCUT2D eigenvalue weighted by Crippen LogP contribution is -2.48. The number of aldehydes is 1. The van der Waals surface area contributed by atoms with E-state index in [0.717, 1.165) is 44.7 Å². The predicted octanol–water partition coefficient (Wildman–Crippen LogP) is 6.56. The molecule has 5 rings (SSSR count). The molecule has 1 saturated heterocycles. The number of anilines is 1. The van der Waals surface area contributed by atoms with Crippen molar-refractivity contribution in [1.82, 2.24) is 4.37 Å². The summed E-state index contributed by atoms with van der Waals surface area (Å²) in [6, 6.07) is 25.8. The van der Waals surface area contributed by atoms with Crippen LogP contribution in [0.5, 0.6) is 0 Å². The lowest BCUT2D eigenvalue weighted by Gasteiger charge is -2.36. The number of carbonyl (C=O) groups excluding carboxylic acids is 2. The Morgan fingerprint density at radius 2 is 1.61 bits per heavy atom. The van der Waals surface area contributed by atoms with Crippen LogP contribution in [0.3, 0.4) is 0 Å². The summed E-state index contributed by atoms with van der Waals surface area (Å²) >= 11 is 1.34. The molecular weight excluding hydrogens is 472 g/mol. The molecule has 0 saturated carbocycles. The molecule has 1 fully saturated rings. The number of ether oxygens (including phenoxy) is 2. The number of benzene rings is 3. The van der Waals surface area contributed by atoms with Crippen LogP contribution in [0, 0.1) is 6.92 Å². The highest BCUT2D eigenvalue weighted by Crippen LogP contribution is 2.37. The molecule has 1 amide bonds. The third kappa shape index (κ3) is 4.67. The summed E-state index contributed by atoms with van der Waals surface area (Å²) in [6.45, 7) is 4.59. The van der Waals surface area contributed by atoms with Crippen molar-refractivity contribution < 1.29 is 19.1 Å². The Bertz CT molecular complexity index is 1360. The van der Waals surface area contributed by atoms with Gasteiger partial charge >= 0.3 is 6.09 Å². The van der Waals surface area contributed by atoms with Crippen molar-refractivity contribution in [1.29, 1.82) is 0 Å². The monoisotopic (exact) mass is 498 g/mol. The number of aromatic nitrogens is 1. The van der Waals surface area contributed by atoms with Gasteiger partial charge in [0.25, 0.3) is 0 Å². The molecule has 0 unspecified atom stereocenters. The summed E-state index contributed by atoms with van der Waals surface area (Å²) in [6.07, 6.45) is 0.101. The molecular formula is C29H26N2O4S. The quantitative estimate of drug-likeness (QED) is 0.292. The average molecular weight is 499 g/mol. The lowest BCUT2D eigenvalue weighted by atomic mass is 9.80. The molecule has 7 heteroatoms. The second kappa shape index (κ2) is 10.0. The minimum absolute atomic E-state index is 0.370. The van der Waals surface area contributed by atoms with E-state index in [1.165, 1.54) is 11.5 Å². The van der Waals surface area contributed by atoms with Gasteiger partial charge in [-0.1, -0.05) is 78.9 Å². The first kappa shape index (κ1) is 23.9. The van der Waals surface area contributed by atoms with Gasteiger partial charge in [0, 0.05) is 0 Å². The van der Waals surface area contributed by atoms with E-state index in [4.69, 9.17) is 9.47 Å². The Kier molecular flexibility index (Phi) is 6.67. The van der Waals surface area contributed by atoms with Crippen LogP contribution in [0.25, 0.3) is 21.6 Å². The molecule has 182 valence electrons. The molecule has 0 bridgehead atoms. The number of hydrogen-bond donors (Lipinski definition) is 1. The molecule has 36 heavy (non-hydrogen) atoms. The third-order valence-electron chi connectivity index (χ3n) is 6.53. The summed E-state index contributed by atoms with van der Waals surface area (Å²) in [5.41, 5.74) is 5.88. The predicted molar refractivity (Wildman–Crippen MR) is 141 cm³/mol. The smallest absolute Gasteiger partial charge is 0.412 e. The Balaban J connectivity index is 1.30. The first-order valence-electron chi connectivity index (χ1n) is 11.7. The molecule has 1 aliphatic rings. The first-order valence-corrected chi connectivity index (χ1v) is 12.5. The number of aryl methyl sites for hydroxylation is 1. The highest BCUT2D eigenvalue weighted by atomic mass is 32.1. The molecule has 1 N–H and O–H groups in total. The fraction of sp³-hybridized carbons (Fsp3) is 0.207. The van der Waals surface area contributed by atoms with Gasteiger partial charge in [0.05, 0.1) is 34.9 Å². The zero-order valence-corrected chi connectivity index (χ0v) is 20.9. The second-order valence-electron chi connectivity index (χ2n) is 8.98. The maximum absolute atomic E-state index is 12.6. The van der Waals surface area contributed by atoms with Crippen molar-refractivity contribution in [3.05, 3.63) is 95.7 Å². The van der Waals surface area contributed by atoms with E-state index in [1.54, 1.807) is 0 Å². The minimum atomic E-state index is -0.516. The number of nitrogens with zero attached hydrogens (tertiary/aromatic N) is 1. The van der Waals surface area contributed by atoms with Gasteiger partial charge in [-0.25, -0.2) is 4.79 Å². The highest BCUT2D eigenvalue weighted by molar-refractivity contribution is 7.10. The van der Waals surface area contributed by atoms with Crippen molar-refractivity contribution in [2.45, 2.75) is 25.4 Å². The fourth-order valence-electron chi connectivity index (χ4n) is 4.23. The summed E-state index contributed by atoms with van der Waals surface area (Å²) in [4.78, 5) is 25.0. The topological polar surface area (TPSA) is 77.5 Å². The Morgan fingerprint density at radius 1 is 1.00 bits per heavy atom. The van der Waals surface area contributed by atoms with E-state index in [0.29, 0.717) is 18.9 Å².